The number of Topliss-reactive ketones (excluding diaryl/α,β-unsaturated/α-hetero) is 2. The first-order valence-corrected chi connectivity index (χ1v) is 36.1. The predicted octanol–water partition coefficient (Wildman–Crippen LogP) is 7.55. The van der Waals surface area contributed by atoms with Crippen LogP contribution in [0.1, 0.15) is 170 Å². The van der Waals surface area contributed by atoms with Gasteiger partial charge in [0.2, 0.25) is 6.36 Å². The maximum Gasteiger partial charge on any atom is 0.522 e. The minimum absolute atomic E-state index is 0.0110. The Kier molecular flexibility index (Phi) is 30.5. The molecular formula is C74H82B7FN2O31. The quantitative estimate of drug-likeness (QED) is 0.0267. The monoisotopic (exact) mass is 1590 g/mol. The first kappa shape index (κ1) is 85.8. The number of rotatable bonds is 15. The fraction of sp³-hybridized carbons (Fsp3) is 0.324. The van der Waals surface area contributed by atoms with Gasteiger partial charge in [0, 0.05) is 51.5 Å². The van der Waals surface area contributed by atoms with Crippen molar-refractivity contribution in [2.45, 2.75) is 137 Å². The SMILES string of the molecule is CC(=O)c1ccc2c(c1C(=O)O)OB(O)CC2.CC(=O)c1cncc2c1OB(O)CC2.CC(F)Oc1ccc2c(c1C(=O)O)OB(O)CC2.CCN=Cc1ccc2c(c1C(=O)O)OB(O)CC2.CCOc1ccc2c(c1C(=O)O)OB(O)CC2.Cc1ccc2c(c1C(=O)O)OB(O)CC2.[2H]C1([2H])Cc2ccc(OC)c(C(=O)O)c2OB1O. The molecule has 0 amide bonds. The van der Waals surface area contributed by atoms with Gasteiger partial charge in [0.05, 0.1) is 19.3 Å². The lowest BCUT2D eigenvalue weighted by atomic mass is 9.78. The van der Waals surface area contributed by atoms with Gasteiger partial charge in [-0.05, 0) is 181 Å². The van der Waals surface area contributed by atoms with Gasteiger partial charge in [-0.1, -0.05) is 54.6 Å². The summed E-state index contributed by atoms with van der Waals surface area (Å²) >= 11 is 0. The van der Waals surface area contributed by atoms with Crippen LogP contribution in [0.3, 0.4) is 0 Å². The van der Waals surface area contributed by atoms with Crippen LogP contribution in [0.2, 0.25) is 44.2 Å². The summed E-state index contributed by atoms with van der Waals surface area (Å²) in [5, 5.41) is 121. The molecule has 14 rings (SSSR count). The molecule has 602 valence electrons. The summed E-state index contributed by atoms with van der Waals surface area (Å²) in [7, 11) is -6.01. The number of fused-ring (bicyclic) bond motifs is 7. The van der Waals surface area contributed by atoms with Crippen LogP contribution in [0.5, 0.6) is 57.5 Å². The zero-order valence-corrected chi connectivity index (χ0v) is 63.3. The Hall–Kier alpha value is -11.6. The fourth-order valence-corrected chi connectivity index (χ4v) is 12.6. The van der Waals surface area contributed by atoms with Crippen molar-refractivity contribution in [1.29, 1.82) is 0 Å². The predicted molar refractivity (Wildman–Crippen MR) is 416 cm³/mol. The number of carbonyl (C=O) groups excluding carboxylic acids is 2. The third-order valence-corrected chi connectivity index (χ3v) is 18.0. The first-order chi connectivity index (χ1) is 55.4. The second-order valence-corrected chi connectivity index (χ2v) is 26.1. The van der Waals surface area contributed by atoms with E-state index in [0.29, 0.717) is 134 Å². The lowest BCUT2D eigenvalue weighted by Gasteiger charge is -2.23. The summed E-state index contributed by atoms with van der Waals surface area (Å²) in [6.07, 6.45) is 7.40. The summed E-state index contributed by atoms with van der Waals surface area (Å²) in [4.78, 5) is 97.8. The van der Waals surface area contributed by atoms with Gasteiger partial charge in [0.1, 0.15) is 90.9 Å². The number of nitrogens with zero attached hydrogens (tertiary/aromatic N) is 2. The third-order valence-electron chi connectivity index (χ3n) is 18.0. The Bertz CT molecular complexity index is 4910. The van der Waals surface area contributed by atoms with Crippen LogP contribution in [0.25, 0.3) is 0 Å². The summed E-state index contributed by atoms with van der Waals surface area (Å²) in [6, 6.07) is 19.7. The van der Waals surface area contributed by atoms with Gasteiger partial charge in [0.25, 0.3) is 0 Å². The Morgan fingerprint density at radius 3 is 1.22 bits per heavy atom. The topological polar surface area (TPSA) is 517 Å². The molecule has 0 bridgehead atoms. The van der Waals surface area contributed by atoms with Crippen LogP contribution in [-0.2, 0) is 44.9 Å². The van der Waals surface area contributed by atoms with Crippen molar-refractivity contribution < 1.29 is 158 Å². The second-order valence-electron chi connectivity index (χ2n) is 26.1. The number of aromatic carboxylic acids is 6. The zero-order chi connectivity index (χ0) is 86.0. The number of methoxy groups -OCH3 is 1. The van der Waals surface area contributed by atoms with Crippen LogP contribution in [0.4, 0.5) is 4.39 Å². The Morgan fingerprint density at radius 2 is 0.800 bits per heavy atom. The summed E-state index contributed by atoms with van der Waals surface area (Å²) in [6.45, 7) is 10.2. The molecule has 41 heteroatoms. The number of aliphatic imine (C=N–C) groups is 1. The number of ketones is 2. The lowest BCUT2D eigenvalue weighted by molar-refractivity contribution is 0.0643. The molecule has 0 aliphatic carbocycles. The van der Waals surface area contributed by atoms with E-state index in [4.69, 9.17) is 70.0 Å². The van der Waals surface area contributed by atoms with Gasteiger partial charge in [-0.2, -0.15) is 0 Å². The Labute approximate surface area is 663 Å². The number of alkyl halides is 1. The van der Waals surface area contributed by atoms with Crippen molar-refractivity contribution in [3.05, 3.63) is 180 Å². The number of hydrogen-bond donors (Lipinski definition) is 13. The number of pyridine rings is 1. The van der Waals surface area contributed by atoms with E-state index in [9.17, 15) is 88.1 Å². The normalized spacial score (nSPS) is 15.1. The second kappa shape index (κ2) is 40.9. The smallest absolute Gasteiger partial charge is 0.522 e. The molecule has 0 saturated heterocycles. The number of ether oxygens (including phenoxy) is 3. The minimum atomic E-state index is -1.95. The summed E-state index contributed by atoms with van der Waals surface area (Å²) < 4.78 is 79.0. The van der Waals surface area contributed by atoms with Gasteiger partial charge in [-0.3, -0.25) is 19.6 Å². The van der Waals surface area contributed by atoms with Gasteiger partial charge in [-0.25, -0.2) is 33.2 Å². The molecule has 6 aromatic carbocycles. The highest BCUT2D eigenvalue weighted by Gasteiger charge is 2.37. The van der Waals surface area contributed by atoms with Crippen LogP contribution >= 0.6 is 0 Å². The number of aryl methyl sites for hydroxylation is 8. The molecule has 0 spiro atoms. The fourth-order valence-electron chi connectivity index (χ4n) is 12.6. The van der Waals surface area contributed by atoms with Crippen LogP contribution in [0, 0.1) is 6.92 Å². The van der Waals surface area contributed by atoms with Crippen molar-refractivity contribution in [3.63, 3.8) is 0 Å². The molecule has 8 heterocycles. The van der Waals surface area contributed by atoms with E-state index in [0.717, 1.165) is 29.2 Å². The number of carbonyl (C=O) groups is 8. The van der Waals surface area contributed by atoms with Crippen molar-refractivity contribution in [2.24, 2.45) is 4.99 Å². The molecule has 1 unspecified atom stereocenters. The molecule has 0 radical (unpaired) electrons. The van der Waals surface area contributed by atoms with E-state index < -0.39 is 98.3 Å². The molecule has 1 aromatic heterocycles. The van der Waals surface area contributed by atoms with Gasteiger partial charge >= 0.3 is 85.6 Å². The van der Waals surface area contributed by atoms with Crippen molar-refractivity contribution in [2.75, 3.05) is 20.3 Å². The summed E-state index contributed by atoms with van der Waals surface area (Å²) in [5.74, 6) is -5.68. The molecule has 115 heavy (non-hydrogen) atoms. The highest BCUT2D eigenvalue weighted by Crippen LogP contribution is 2.41. The number of carboxylic acids is 6. The molecular weight excluding hydrogens is 1510 g/mol. The zero-order valence-electron chi connectivity index (χ0n) is 65.3. The summed E-state index contributed by atoms with van der Waals surface area (Å²) in [5.41, 5.74) is 6.40. The third kappa shape index (κ3) is 22.9. The van der Waals surface area contributed by atoms with Gasteiger partial charge in [0.15, 0.2) is 11.6 Å². The maximum atomic E-state index is 12.8. The number of aromatic nitrogens is 1. The Balaban J connectivity index is 0.000000171. The van der Waals surface area contributed by atoms with Gasteiger partial charge in [-0.15, -0.1) is 0 Å². The van der Waals surface area contributed by atoms with E-state index in [1.54, 1.807) is 56.4 Å². The highest BCUT2D eigenvalue weighted by molar-refractivity contribution is 6.47. The minimum Gasteiger partial charge on any atom is -0.535 e. The van der Waals surface area contributed by atoms with E-state index in [1.807, 2.05) is 19.1 Å². The van der Waals surface area contributed by atoms with Crippen LogP contribution in [0.15, 0.2) is 90.2 Å². The lowest BCUT2D eigenvalue weighted by Crippen LogP contribution is -2.28. The van der Waals surface area contributed by atoms with Crippen LogP contribution < -0.4 is 46.8 Å². The number of hydrogen-bond acceptors (Lipinski definition) is 27. The average molecular weight is 1590 g/mol. The molecule has 0 saturated carbocycles. The number of halogens is 1. The maximum absolute atomic E-state index is 12.8. The molecule has 7 aromatic rings. The number of carboxylic acid groups (broad SMARTS) is 6. The van der Waals surface area contributed by atoms with Crippen molar-refractivity contribution >= 4 is 103 Å². The van der Waals surface area contributed by atoms with Crippen molar-refractivity contribution in [3.8, 4) is 57.5 Å². The highest BCUT2D eigenvalue weighted by atomic mass is 19.1. The molecule has 1 atom stereocenters. The standard InChI is InChI=1S/C12H14BNO4.C11H12BFO5.C11H11BO5.C11H13BO5.C10H11BO5.C10H11BO4.C9H10BNO3/c1-2-14-7-9-4-3-8-5-6-13(17)18-11(8)10(9)12(15)16;1-6(13)17-8-3-2-7-4-5-12(16)18-10(7)9(8)11(14)15;1-6(13)8-3-2-7-4-5-12(16)17-10(7)9(8)11(14)15;1-2-16-8-4-3-7-5-6-12(15)17-10(7)9(8)11(13)14;1-15-7-3-2-6-4-5-11(14)16-9(6)8(7)10(12)13;1-6-2-3-7-4-5-11(14)15-9(7)8(6)10(12)13;1-6(12)8-5-11-4-7-2-3-10(13)14-9(7)8/h3-4,7,17H,2,5-6H2,1H3,(H,15,16);2-3,6,16H,4-5H2,1H3,(H,14,15);2-3,16H,4-5H2,1H3,(H,14,15);3-4,15H,2,5-6H2,1H3,(H,13,14);2-3,14H,4-5H2,1H3,(H,12,13);2-3,14H,4-5H2,1H3,(H,12,13);4-5,13H,2-3H2,1H3/i;;;;5D2;;. The van der Waals surface area contributed by atoms with Crippen LogP contribution in [-0.4, -0.2) is 201 Å². The number of benzene rings is 6. The van der Waals surface area contributed by atoms with Crippen molar-refractivity contribution in [1.82, 2.24) is 4.98 Å². The largest absolute Gasteiger partial charge is 0.535 e. The van der Waals surface area contributed by atoms with Gasteiger partial charge < -0.3 is 113 Å². The molecule has 7 aliphatic heterocycles. The molecule has 13 N–H and O–H groups in total. The molecule has 7 aliphatic rings. The Morgan fingerprint density at radius 1 is 0.452 bits per heavy atom. The average Bonchev–Trinajstić information content (AvgIpc) is 0.772. The van der Waals surface area contributed by atoms with E-state index >= 15 is 0 Å². The molecule has 33 nitrogen and oxygen atoms in total. The van der Waals surface area contributed by atoms with E-state index in [-0.39, 0.29) is 103 Å². The molecule has 0 fully saturated rings. The van der Waals surface area contributed by atoms with E-state index in [1.165, 1.54) is 57.6 Å². The van der Waals surface area contributed by atoms with E-state index in [2.05, 4.69) is 9.98 Å². The first-order valence-electron chi connectivity index (χ1n) is 37.1.